The Bertz CT molecular complexity index is 568. The van der Waals surface area contributed by atoms with Gasteiger partial charge in [-0.15, -0.1) is 0 Å². The molecule has 0 spiro atoms. The van der Waals surface area contributed by atoms with Gasteiger partial charge in [-0.1, -0.05) is 18.2 Å². The standard InChI is InChI=1S/C12H9IN2O2S/c13-10-7-6-9(17-10)11(16)15-12(18)14-8-4-2-1-3-5-8/h1-7H,(H2,14,15,16,18). The lowest BCUT2D eigenvalue weighted by molar-refractivity contribution is 0.0949. The van der Waals surface area contributed by atoms with E-state index in [9.17, 15) is 4.79 Å². The van der Waals surface area contributed by atoms with Crippen LogP contribution in [0.3, 0.4) is 0 Å². The van der Waals surface area contributed by atoms with E-state index in [0.717, 1.165) is 5.69 Å². The van der Waals surface area contributed by atoms with E-state index in [1.54, 1.807) is 12.1 Å². The molecular formula is C12H9IN2O2S. The fraction of sp³-hybridized carbons (Fsp3) is 0. The second kappa shape index (κ2) is 5.96. The highest BCUT2D eigenvalue weighted by Crippen LogP contribution is 2.10. The average Bonchev–Trinajstić information content (AvgIpc) is 2.77. The maximum absolute atomic E-state index is 11.7. The van der Waals surface area contributed by atoms with Crippen LogP contribution < -0.4 is 10.6 Å². The number of para-hydroxylation sites is 1. The number of amides is 1. The minimum Gasteiger partial charge on any atom is -0.445 e. The molecule has 0 aliphatic heterocycles. The lowest BCUT2D eigenvalue weighted by Gasteiger charge is -2.07. The summed E-state index contributed by atoms with van der Waals surface area (Å²) in [6.07, 6.45) is 0. The van der Waals surface area contributed by atoms with Crippen molar-refractivity contribution in [3.05, 3.63) is 52.0 Å². The van der Waals surface area contributed by atoms with Crippen molar-refractivity contribution >= 4 is 51.5 Å². The Balaban J connectivity index is 1.94. The van der Waals surface area contributed by atoms with Crippen LogP contribution in [0.5, 0.6) is 0 Å². The smallest absolute Gasteiger partial charge is 0.293 e. The van der Waals surface area contributed by atoms with Gasteiger partial charge in [-0.05, 0) is 59.1 Å². The molecule has 6 heteroatoms. The molecule has 0 fully saturated rings. The van der Waals surface area contributed by atoms with Gasteiger partial charge in [0.15, 0.2) is 14.6 Å². The molecule has 2 N–H and O–H groups in total. The van der Waals surface area contributed by atoms with Crippen LogP contribution in [-0.4, -0.2) is 11.0 Å². The first-order chi connectivity index (χ1) is 8.65. The van der Waals surface area contributed by atoms with Gasteiger partial charge in [0.2, 0.25) is 0 Å². The zero-order valence-corrected chi connectivity index (χ0v) is 12.1. The van der Waals surface area contributed by atoms with Crippen molar-refractivity contribution in [2.45, 2.75) is 0 Å². The number of furan rings is 1. The van der Waals surface area contributed by atoms with Gasteiger partial charge in [0.25, 0.3) is 5.91 Å². The molecule has 1 amide bonds. The molecule has 2 rings (SSSR count). The first-order valence-corrected chi connectivity index (χ1v) is 6.56. The van der Waals surface area contributed by atoms with Crippen LogP contribution >= 0.6 is 34.8 Å². The summed E-state index contributed by atoms with van der Waals surface area (Å²) < 4.78 is 5.84. The first kappa shape index (κ1) is 13.0. The Morgan fingerprint density at radius 2 is 1.89 bits per heavy atom. The highest BCUT2D eigenvalue weighted by molar-refractivity contribution is 14.1. The molecule has 0 aliphatic rings. The third kappa shape index (κ3) is 3.54. The van der Waals surface area contributed by atoms with Crippen molar-refractivity contribution in [1.82, 2.24) is 5.32 Å². The van der Waals surface area contributed by atoms with E-state index < -0.39 is 0 Å². The molecule has 18 heavy (non-hydrogen) atoms. The maximum Gasteiger partial charge on any atom is 0.293 e. The van der Waals surface area contributed by atoms with Crippen LogP contribution in [0, 0.1) is 3.77 Å². The number of carbonyl (C=O) groups is 1. The van der Waals surface area contributed by atoms with E-state index in [1.807, 2.05) is 52.9 Å². The normalized spacial score (nSPS) is 9.83. The zero-order chi connectivity index (χ0) is 13.0. The van der Waals surface area contributed by atoms with Gasteiger partial charge in [0.05, 0.1) is 0 Å². The molecule has 0 radical (unpaired) electrons. The summed E-state index contributed by atoms with van der Waals surface area (Å²) in [5.41, 5.74) is 0.817. The molecule has 0 saturated carbocycles. The molecule has 2 aromatic rings. The van der Waals surface area contributed by atoms with Crippen LogP contribution in [0.2, 0.25) is 0 Å². The Morgan fingerprint density at radius 3 is 2.50 bits per heavy atom. The van der Waals surface area contributed by atoms with Crippen molar-refractivity contribution in [3.63, 3.8) is 0 Å². The van der Waals surface area contributed by atoms with Crippen LogP contribution in [0.15, 0.2) is 46.9 Å². The van der Waals surface area contributed by atoms with E-state index in [0.29, 0.717) is 3.77 Å². The van der Waals surface area contributed by atoms with E-state index in [-0.39, 0.29) is 16.8 Å². The molecule has 0 unspecified atom stereocenters. The summed E-state index contributed by atoms with van der Waals surface area (Å²) >= 11 is 7.02. The second-order valence-electron chi connectivity index (χ2n) is 3.38. The van der Waals surface area contributed by atoms with Gasteiger partial charge in [-0.25, -0.2) is 0 Å². The molecular weight excluding hydrogens is 363 g/mol. The maximum atomic E-state index is 11.7. The van der Waals surface area contributed by atoms with Gasteiger partial charge in [-0.2, -0.15) is 0 Å². The molecule has 0 saturated heterocycles. The summed E-state index contributed by atoms with van der Waals surface area (Å²) in [4.78, 5) is 11.7. The second-order valence-corrected chi connectivity index (χ2v) is 4.85. The van der Waals surface area contributed by atoms with E-state index in [1.165, 1.54) is 0 Å². The van der Waals surface area contributed by atoms with Crippen molar-refractivity contribution < 1.29 is 9.21 Å². The fourth-order valence-corrected chi connectivity index (χ4v) is 1.91. The van der Waals surface area contributed by atoms with Crippen molar-refractivity contribution in [1.29, 1.82) is 0 Å². The number of thiocarbonyl (C=S) groups is 1. The molecule has 0 atom stereocenters. The van der Waals surface area contributed by atoms with Crippen molar-refractivity contribution in [3.8, 4) is 0 Å². The van der Waals surface area contributed by atoms with Crippen LogP contribution in [0.4, 0.5) is 5.69 Å². The fourth-order valence-electron chi connectivity index (χ4n) is 1.28. The number of anilines is 1. The predicted octanol–water partition coefficient (Wildman–Crippen LogP) is 3.01. The van der Waals surface area contributed by atoms with E-state index >= 15 is 0 Å². The summed E-state index contributed by atoms with van der Waals surface area (Å²) in [5, 5.41) is 5.68. The van der Waals surface area contributed by atoms with E-state index in [4.69, 9.17) is 16.6 Å². The number of benzene rings is 1. The zero-order valence-electron chi connectivity index (χ0n) is 9.14. The van der Waals surface area contributed by atoms with Gasteiger partial charge in [-0.3, -0.25) is 10.1 Å². The molecule has 92 valence electrons. The highest BCUT2D eigenvalue weighted by atomic mass is 127. The SMILES string of the molecule is O=C(NC(=S)Nc1ccccc1)c1ccc(I)o1. The molecule has 0 aliphatic carbocycles. The van der Waals surface area contributed by atoms with Gasteiger partial charge in [0.1, 0.15) is 0 Å². The highest BCUT2D eigenvalue weighted by Gasteiger charge is 2.11. The van der Waals surface area contributed by atoms with Gasteiger partial charge >= 0.3 is 0 Å². The Morgan fingerprint density at radius 1 is 1.17 bits per heavy atom. The van der Waals surface area contributed by atoms with Crippen LogP contribution in [-0.2, 0) is 0 Å². The third-order valence-electron chi connectivity index (χ3n) is 2.06. The molecule has 4 nitrogen and oxygen atoms in total. The topological polar surface area (TPSA) is 54.3 Å². The number of halogens is 1. The summed E-state index contributed by atoms with van der Waals surface area (Å²) in [6, 6.07) is 12.7. The summed E-state index contributed by atoms with van der Waals surface area (Å²) in [5.74, 6) is -0.136. The number of hydrogen-bond donors (Lipinski definition) is 2. The Labute approximate surface area is 123 Å². The van der Waals surface area contributed by atoms with Gasteiger partial charge < -0.3 is 9.73 Å². The summed E-state index contributed by atoms with van der Waals surface area (Å²) in [6.45, 7) is 0. The lowest BCUT2D eigenvalue weighted by Crippen LogP contribution is -2.33. The van der Waals surface area contributed by atoms with E-state index in [2.05, 4.69) is 10.6 Å². The van der Waals surface area contributed by atoms with Gasteiger partial charge in [0, 0.05) is 5.69 Å². The quantitative estimate of drug-likeness (QED) is 0.629. The first-order valence-electron chi connectivity index (χ1n) is 5.08. The number of rotatable bonds is 2. The largest absolute Gasteiger partial charge is 0.445 e. The van der Waals surface area contributed by atoms with Crippen LogP contribution in [0.25, 0.3) is 0 Å². The van der Waals surface area contributed by atoms with Crippen molar-refractivity contribution in [2.75, 3.05) is 5.32 Å². The lowest BCUT2D eigenvalue weighted by atomic mass is 10.3. The number of nitrogens with one attached hydrogen (secondary N) is 2. The Hall–Kier alpha value is -1.41. The predicted molar refractivity (Wildman–Crippen MR) is 81.6 cm³/mol. The minimum atomic E-state index is -0.369. The summed E-state index contributed by atoms with van der Waals surface area (Å²) in [7, 11) is 0. The molecule has 0 bridgehead atoms. The third-order valence-corrected chi connectivity index (χ3v) is 2.84. The average molecular weight is 372 g/mol. The molecule has 1 aromatic heterocycles. The van der Waals surface area contributed by atoms with Crippen molar-refractivity contribution in [2.24, 2.45) is 0 Å². The number of carbonyl (C=O) groups excluding carboxylic acids is 1. The monoisotopic (exact) mass is 372 g/mol. The number of hydrogen-bond acceptors (Lipinski definition) is 3. The Kier molecular flexibility index (Phi) is 4.32. The molecule has 1 heterocycles. The molecule has 1 aromatic carbocycles. The van der Waals surface area contributed by atoms with Crippen LogP contribution in [0.1, 0.15) is 10.6 Å². The minimum absolute atomic E-state index is 0.233.